The number of benzene rings is 1. The topological polar surface area (TPSA) is 235 Å². The predicted molar refractivity (Wildman–Crippen MR) is 123 cm³/mol. The normalized spacial score (nSPS) is 13.3. The molecule has 3 atom stereocenters. The van der Waals surface area contributed by atoms with Gasteiger partial charge in [0.25, 0.3) is 0 Å². The molecule has 0 unspecified atom stereocenters. The summed E-state index contributed by atoms with van der Waals surface area (Å²) in [4.78, 5) is 47.9. The Morgan fingerprint density at radius 1 is 1.06 bits per heavy atom. The molecule has 0 aliphatic heterocycles. The van der Waals surface area contributed by atoms with Crippen LogP contribution in [0.1, 0.15) is 24.1 Å². The molecule has 0 fully saturated rings. The van der Waals surface area contributed by atoms with E-state index in [0.29, 0.717) is 17.7 Å². The Labute approximate surface area is 195 Å². The summed E-state index contributed by atoms with van der Waals surface area (Å²) >= 11 is 0. The number of phenolic OH excluding ortho intramolecular Hbond substituents is 1. The Morgan fingerprint density at radius 2 is 1.74 bits per heavy atom. The SMILES string of the molecule is NC(N)=NCCC[C@H](NC(=O)[C@@H](N)Cc1cnc[nH]1)C(=O)N[C@@H](Cc1ccc(O)cc1)C(=O)O. The fourth-order valence-corrected chi connectivity index (χ4v) is 3.12. The summed E-state index contributed by atoms with van der Waals surface area (Å²) in [6, 6.07) is 2.68. The van der Waals surface area contributed by atoms with Crippen LogP contribution in [0.4, 0.5) is 0 Å². The van der Waals surface area contributed by atoms with Gasteiger partial charge in [-0.2, -0.15) is 0 Å². The summed E-state index contributed by atoms with van der Waals surface area (Å²) in [5.41, 5.74) is 17.8. The third kappa shape index (κ3) is 8.78. The average Bonchev–Trinajstić information content (AvgIpc) is 3.29. The Hall–Kier alpha value is -4.13. The minimum Gasteiger partial charge on any atom is -0.508 e. The molecule has 11 N–H and O–H groups in total. The number of hydrogen-bond acceptors (Lipinski definition) is 7. The molecule has 13 heteroatoms. The number of H-pyrrole nitrogens is 1. The maximum absolute atomic E-state index is 12.9. The molecular weight excluding hydrogens is 444 g/mol. The Morgan fingerprint density at radius 3 is 2.32 bits per heavy atom. The van der Waals surface area contributed by atoms with Gasteiger partial charge in [-0.05, 0) is 30.5 Å². The lowest BCUT2D eigenvalue weighted by atomic mass is 10.0. The zero-order valence-electron chi connectivity index (χ0n) is 18.5. The number of amides is 2. The third-order valence-corrected chi connectivity index (χ3v) is 4.90. The lowest BCUT2D eigenvalue weighted by Crippen LogP contribution is -2.55. The van der Waals surface area contributed by atoms with Crippen molar-refractivity contribution in [3.05, 3.63) is 48.0 Å². The lowest BCUT2D eigenvalue weighted by Gasteiger charge is -2.23. The number of nitrogens with one attached hydrogen (secondary N) is 3. The summed E-state index contributed by atoms with van der Waals surface area (Å²) in [5.74, 6) is -2.58. The number of carboxylic acids is 1. The monoisotopic (exact) mass is 474 g/mol. The highest BCUT2D eigenvalue weighted by Crippen LogP contribution is 2.12. The quantitative estimate of drug-likeness (QED) is 0.0940. The van der Waals surface area contributed by atoms with Crippen LogP contribution in [-0.4, -0.2) is 68.6 Å². The van der Waals surface area contributed by atoms with Crippen LogP contribution in [0.2, 0.25) is 0 Å². The largest absolute Gasteiger partial charge is 0.508 e. The zero-order valence-corrected chi connectivity index (χ0v) is 18.5. The van der Waals surface area contributed by atoms with Gasteiger partial charge in [-0.3, -0.25) is 14.6 Å². The number of phenols is 1. The number of aromatic nitrogens is 2. The van der Waals surface area contributed by atoms with E-state index in [1.54, 1.807) is 12.1 Å². The van der Waals surface area contributed by atoms with E-state index in [0.717, 1.165) is 0 Å². The fraction of sp³-hybridized carbons (Fsp3) is 0.381. The first-order valence-electron chi connectivity index (χ1n) is 10.6. The van der Waals surface area contributed by atoms with Gasteiger partial charge in [0.2, 0.25) is 11.8 Å². The molecule has 13 nitrogen and oxygen atoms in total. The predicted octanol–water partition coefficient (Wildman–Crippen LogP) is -1.66. The first-order chi connectivity index (χ1) is 16.2. The van der Waals surface area contributed by atoms with Gasteiger partial charge >= 0.3 is 5.97 Å². The van der Waals surface area contributed by atoms with Crippen LogP contribution < -0.4 is 27.8 Å². The van der Waals surface area contributed by atoms with Crippen LogP contribution in [-0.2, 0) is 27.2 Å². The number of nitrogens with two attached hydrogens (primary N) is 3. The zero-order chi connectivity index (χ0) is 25.1. The number of nitrogens with zero attached hydrogens (tertiary/aromatic N) is 2. The van der Waals surface area contributed by atoms with Gasteiger partial charge in [-0.1, -0.05) is 12.1 Å². The molecule has 184 valence electrons. The molecule has 1 aromatic heterocycles. The van der Waals surface area contributed by atoms with Gasteiger partial charge in [-0.15, -0.1) is 0 Å². The van der Waals surface area contributed by atoms with E-state index in [1.165, 1.54) is 24.7 Å². The van der Waals surface area contributed by atoms with Gasteiger partial charge in [0.1, 0.15) is 17.8 Å². The highest BCUT2D eigenvalue weighted by molar-refractivity contribution is 5.91. The molecule has 0 radical (unpaired) electrons. The van der Waals surface area contributed by atoms with Crippen LogP contribution >= 0.6 is 0 Å². The van der Waals surface area contributed by atoms with Crippen molar-refractivity contribution in [1.82, 2.24) is 20.6 Å². The molecule has 0 bridgehead atoms. The van der Waals surface area contributed by atoms with E-state index in [-0.39, 0.29) is 37.5 Å². The van der Waals surface area contributed by atoms with Gasteiger partial charge < -0.3 is 43.0 Å². The standard InChI is InChI=1S/C21H30N8O5/c22-15(9-13-10-25-11-27-13)18(31)28-16(2-1-7-26-21(23)24)19(32)29-17(20(33)34)8-12-3-5-14(30)6-4-12/h3-6,10-11,15-17,30H,1-2,7-9,22H2,(H,25,27)(H,28,31)(H,29,32)(H,33,34)(H4,23,24,26)/t15-,16-,17-/m0/s1. The number of imidazole rings is 1. The summed E-state index contributed by atoms with van der Waals surface area (Å²) in [7, 11) is 0. The van der Waals surface area contributed by atoms with Crippen LogP contribution in [0.5, 0.6) is 5.75 Å². The molecule has 1 heterocycles. The van der Waals surface area contributed by atoms with Crippen molar-refractivity contribution in [2.24, 2.45) is 22.2 Å². The molecule has 0 aliphatic rings. The maximum atomic E-state index is 12.9. The summed E-state index contributed by atoms with van der Waals surface area (Å²) < 4.78 is 0. The van der Waals surface area contributed by atoms with Crippen LogP contribution in [0.25, 0.3) is 0 Å². The average molecular weight is 475 g/mol. The number of carbonyl (C=O) groups is 3. The Balaban J connectivity index is 2.07. The van der Waals surface area contributed by atoms with E-state index in [4.69, 9.17) is 17.2 Å². The van der Waals surface area contributed by atoms with E-state index in [2.05, 4.69) is 25.6 Å². The first-order valence-corrected chi connectivity index (χ1v) is 10.6. The second-order valence-electron chi connectivity index (χ2n) is 7.67. The van der Waals surface area contributed by atoms with Crippen molar-refractivity contribution in [1.29, 1.82) is 0 Å². The van der Waals surface area contributed by atoms with Crippen molar-refractivity contribution in [2.75, 3.05) is 6.54 Å². The molecule has 0 saturated heterocycles. The Bertz CT molecular complexity index is 974. The van der Waals surface area contributed by atoms with Gasteiger partial charge in [0, 0.05) is 31.3 Å². The van der Waals surface area contributed by atoms with Gasteiger partial charge in [-0.25, -0.2) is 9.78 Å². The number of rotatable bonds is 13. The van der Waals surface area contributed by atoms with Crippen LogP contribution in [0, 0.1) is 0 Å². The molecular formula is C21H30N8O5. The molecule has 2 amide bonds. The number of carbonyl (C=O) groups excluding carboxylic acids is 2. The number of carboxylic acid groups (broad SMARTS) is 1. The van der Waals surface area contributed by atoms with E-state index in [9.17, 15) is 24.6 Å². The first kappa shape index (κ1) is 26.1. The van der Waals surface area contributed by atoms with Crippen LogP contribution in [0.15, 0.2) is 41.8 Å². The maximum Gasteiger partial charge on any atom is 0.326 e. The summed E-state index contributed by atoms with van der Waals surface area (Å²) in [6.07, 6.45) is 3.65. The molecule has 0 spiro atoms. The molecule has 1 aromatic carbocycles. The molecule has 2 rings (SSSR count). The summed E-state index contributed by atoms with van der Waals surface area (Å²) in [6.45, 7) is 0.220. The molecule has 2 aromatic rings. The molecule has 34 heavy (non-hydrogen) atoms. The molecule has 0 aliphatic carbocycles. The number of aromatic hydroxyl groups is 1. The minimum atomic E-state index is -1.26. The van der Waals surface area contributed by atoms with E-state index in [1.807, 2.05) is 0 Å². The Kier molecular flexibility index (Phi) is 9.83. The van der Waals surface area contributed by atoms with Crippen molar-refractivity contribution >= 4 is 23.7 Å². The number of aromatic amines is 1. The number of guanidine groups is 1. The van der Waals surface area contributed by atoms with Crippen LogP contribution in [0.3, 0.4) is 0 Å². The van der Waals surface area contributed by atoms with E-state index >= 15 is 0 Å². The number of hydrogen-bond donors (Lipinski definition) is 8. The van der Waals surface area contributed by atoms with Crippen molar-refractivity contribution in [3.63, 3.8) is 0 Å². The van der Waals surface area contributed by atoms with Gasteiger partial charge in [0.15, 0.2) is 5.96 Å². The lowest BCUT2D eigenvalue weighted by molar-refractivity contribution is -0.142. The minimum absolute atomic E-state index is 0.0185. The van der Waals surface area contributed by atoms with Crippen molar-refractivity contribution < 1.29 is 24.6 Å². The van der Waals surface area contributed by atoms with Gasteiger partial charge in [0.05, 0.1) is 12.4 Å². The highest BCUT2D eigenvalue weighted by atomic mass is 16.4. The third-order valence-electron chi connectivity index (χ3n) is 4.90. The number of aliphatic imine (C=N–C) groups is 1. The fourth-order valence-electron chi connectivity index (χ4n) is 3.12. The summed E-state index contributed by atoms with van der Waals surface area (Å²) in [5, 5.41) is 24.0. The number of aliphatic carboxylic acids is 1. The highest BCUT2D eigenvalue weighted by Gasteiger charge is 2.28. The molecule has 0 saturated carbocycles. The van der Waals surface area contributed by atoms with Crippen molar-refractivity contribution in [2.45, 2.75) is 43.8 Å². The second-order valence-corrected chi connectivity index (χ2v) is 7.67. The smallest absolute Gasteiger partial charge is 0.326 e. The second kappa shape index (κ2) is 12.8. The van der Waals surface area contributed by atoms with E-state index < -0.39 is 35.9 Å². The van der Waals surface area contributed by atoms with Crippen molar-refractivity contribution in [3.8, 4) is 5.75 Å².